The third-order valence-electron chi connectivity index (χ3n) is 19.2. The molecule has 0 aromatic carbocycles. The maximum atomic E-state index is 13.1. The van der Waals surface area contributed by atoms with Gasteiger partial charge in [-0.05, 0) is 77.0 Å². The van der Waals surface area contributed by atoms with Gasteiger partial charge in [-0.15, -0.1) is 0 Å². The normalized spacial score (nSPS) is 17.7. The number of amides is 1. The zero-order valence-electron chi connectivity index (χ0n) is 60.5. The van der Waals surface area contributed by atoms with E-state index in [0.29, 0.717) is 19.4 Å². The highest BCUT2D eigenvalue weighted by molar-refractivity contribution is 5.76. The zero-order chi connectivity index (χ0) is 66.5. The van der Waals surface area contributed by atoms with E-state index in [-0.39, 0.29) is 18.5 Å². The van der Waals surface area contributed by atoms with Gasteiger partial charge in [0.25, 0.3) is 0 Å². The average molecular weight is 1300 g/mol. The number of unbranched alkanes of at least 4 members (excludes halogenated alkanes) is 54. The van der Waals surface area contributed by atoms with Crippen LogP contribution >= 0.6 is 0 Å². The number of esters is 1. The molecule has 0 saturated carbocycles. The number of ether oxygens (including phenoxy) is 3. The lowest BCUT2D eigenvalue weighted by molar-refractivity contribution is -0.302. The molecule has 1 amide bonds. The van der Waals surface area contributed by atoms with Crippen LogP contribution < -0.4 is 5.32 Å². The minimum absolute atomic E-state index is 0.00607. The van der Waals surface area contributed by atoms with Crippen molar-refractivity contribution in [2.24, 2.45) is 0 Å². The summed E-state index contributed by atoms with van der Waals surface area (Å²) in [6, 6.07) is -0.807. The Balaban J connectivity index is 1.91. The number of allylic oxidation sites excluding steroid dienone is 5. The van der Waals surface area contributed by atoms with E-state index in [1.165, 1.54) is 321 Å². The van der Waals surface area contributed by atoms with Crippen LogP contribution in [0.1, 0.15) is 406 Å². The molecule has 7 unspecified atom stereocenters. The van der Waals surface area contributed by atoms with E-state index in [2.05, 4.69) is 43.5 Å². The molecule has 1 heterocycles. The molecular weight excluding hydrogens is 1150 g/mol. The van der Waals surface area contributed by atoms with Gasteiger partial charge < -0.3 is 45.1 Å². The highest BCUT2D eigenvalue weighted by Crippen LogP contribution is 2.24. The van der Waals surface area contributed by atoms with Crippen molar-refractivity contribution in [3.05, 3.63) is 36.5 Å². The third kappa shape index (κ3) is 58.1. The number of aliphatic hydroxyl groups is 5. The largest absolute Gasteiger partial charge is 0.466 e. The number of carbonyl (C=O) groups excluding carboxylic acids is 2. The van der Waals surface area contributed by atoms with Crippen LogP contribution in [-0.4, -0.2) is 100 Å². The molecule has 0 spiro atoms. The van der Waals surface area contributed by atoms with E-state index in [4.69, 9.17) is 14.2 Å². The first-order chi connectivity index (χ1) is 45.2. The third-order valence-corrected chi connectivity index (χ3v) is 19.2. The fraction of sp³-hybridized carbons (Fsp3) is 0.901. The van der Waals surface area contributed by atoms with Gasteiger partial charge in [0, 0.05) is 12.8 Å². The van der Waals surface area contributed by atoms with Gasteiger partial charge in [-0.25, -0.2) is 0 Å². The van der Waals surface area contributed by atoms with Gasteiger partial charge in [0.15, 0.2) is 6.29 Å². The van der Waals surface area contributed by atoms with E-state index >= 15 is 0 Å². The molecule has 92 heavy (non-hydrogen) atoms. The molecule has 1 fully saturated rings. The standard InChI is InChI=1S/C81H153NO10/c1-3-5-7-9-11-13-15-16-44-48-51-55-59-63-67-74(84)73(72-91-81-80(89)79(88)78(87)75(71-83)92-81)82-76(85)68-64-60-56-52-49-45-42-40-38-36-34-32-30-28-26-24-22-20-18-17-19-21-23-25-27-29-31-33-35-37-39-41-43-46-50-54-58-62-66-70-90-77(86)69-65-61-57-53-47-14-12-10-8-6-4-2/h10,12,17-18,63,67,73-75,78-81,83-84,87-89H,3-9,11,13-16,19-62,64-66,68-72H2,1-2H3,(H,82,85)/b12-10-,18-17-,67-63+. The van der Waals surface area contributed by atoms with Gasteiger partial charge in [-0.3, -0.25) is 9.59 Å². The van der Waals surface area contributed by atoms with Crippen LogP contribution in [0.3, 0.4) is 0 Å². The Labute approximate surface area is 568 Å². The van der Waals surface area contributed by atoms with E-state index in [1.807, 2.05) is 6.08 Å². The molecule has 0 aromatic heterocycles. The van der Waals surface area contributed by atoms with Crippen LogP contribution in [0, 0.1) is 0 Å². The Morgan fingerprint density at radius 3 is 1.08 bits per heavy atom. The minimum Gasteiger partial charge on any atom is -0.466 e. The summed E-state index contributed by atoms with van der Waals surface area (Å²) in [5, 5.41) is 54.6. The molecule has 7 atom stereocenters. The second-order valence-corrected chi connectivity index (χ2v) is 28.1. The lowest BCUT2D eigenvalue weighted by Gasteiger charge is -2.40. The molecule has 1 aliphatic heterocycles. The molecule has 0 radical (unpaired) electrons. The van der Waals surface area contributed by atoms with Crippen LogP contribution in [0.25, 0.3) is 0 Å². The van der Waals surface area contributed by atoms with Crippen molar-refractivity contribution in [1.29, 1.82) is 0 Å². The molecule has 0 aromatic rings. The molecule has 0 aliphatic carbocycles. The minimum atomic E-state index is -1.57. The van der Waals surface area contributed by atoms with Crippen molar-refractivity contribution >= 4 is 11.9 Å². The lowest BCUT2D eigenvalue weighted by Crippen LogP contribution is -2.60. The molecule has 542 valence electrons. The van der Waals surface area contributed by atoms with Crippen LogP contribution in [0.2, 0.25) is 0 Å². The van der Waals surface area contributed by atoms with E-state index in [0.717, 1.165) is 57.8 Å². The number of carbonyl (C=O) groups is 2. The Morgan fingerprint density at radius 2 is 0.707 bits per heavy atom. The fourth-order valence-corrected chi connectivity index (χ4v) is 12.9. The summed E-state index contributed by atoms with van der Waals surface area (Å²) in [5.41, 5.74) is 0. The van der Waals surface area contributed by atoms with Crippen LogP contribution in [0.15, 0.2) is 36.5 Å². The molecule has 0 bridgehead atoms. The molecule has 1 rings (SSSR count). The molecular formula is C81H153NO10. The monoisotopic (exact) mass is 1300 g/mol. The maximum absolute atomic E-state index is 13.1. The van der Waals surface area contributed by atoms with Crippen molar-refractivity contribution in [2.75, 3.05) is 19.8 Å². The van der Waals surface area contributed by atoms with Gasteiger partial charge in [0.1, 0.15) is 24.4 Å². The SMILES string of the molecule is CCCC/C=C\CCCCCCCC(=O)OCCCCCCCCCCCCCCCCCCCC/C=C\CCCCCCCCCCCCCCCCCCCC(=O)NC(COC1OC(CO)C(O)C(O)C1O)C(O)/C=C/CCCCCCCCCCCCCC. The van der Waals surface area contributed by atoms with E-state index < -0.39 is 49.5 Å². The van der Waals surface area contributed by atoms with Crippen molar-refractivity contribution in [3.8, 4) is 0 Å². The second-order valence-electron chi connectivity index (χ2n) is 28.1. The zero-order valence-corrected chi connectivity index (χ0v) is 60.5. The highest BCUT2D eigenvalue weighted by atomic mass is 16.7. The van der Waals surface area contributed by atoms with E-state index in [1.54, 1.807) is 6.08 Å². The average Bonchev–Trinajstić information content (AvgIpc) is 1.07. The van der Waals surface area contributed by atoms with Crippen molar-refractivity contribution in [2.45, 2.75) is 448 Å². The Kier molecular flexibility index (Phi) is 67.1. The van der Waals surface area contributed by atoms with Crippen molar-refractivity contribution in [1.82, 2.24) is 5.32 Å². The Morgan fingerprint density at radius 1 is 0.391 bits per heavy atom. The quantitative estimate of drug-likeness (QED) is 0.0195. The summed E-state index contributed by atoms with van der Waals surface area (Å²) in [6.45, 7) is 4.36. The Hall–Kier alpha value is -2.12. The summed E-state index contributed by atoms with van der Waals surface area (Å²) in [4.78, 5) is 25.1. The predicted octanol–water partition coefficient (Wildman–Crippen LogP) is 21.7. The Bertz CT molecular complexity index is 1620. The first-order valence-electron chi connectivity index (χ1n) is 40.3. The topological polar surface area (TPSA) is 175 Å². The molecule has 1 aliphatic rings. The van der Waals surface area contributed by atoms with Gasteiger partial charge >= 0.3 is 5.97 Å². The number of nitrogens with one attached hydrogen (secondary N) is 1. The number of rotatable bonds is 72. The number of hydrogen-bond acceptors (Lipinski definition) is 10. The van der Waals surface area contributed by atoms with Crippen LogP contribution in [0.5, 0.6) is 0 Å². The molecule has 11 nitrogen and oxygen atoms in total. The van der Waals surface area contributed by atoms with Crippen molar-refractivity contribution < 1.29 is 49.3 Å². The van der Waals surface area contributed by atoms with Crippen LogP contribution in [0.4, 0.5) is 0 Å². The second kappa shape index (κ2) is 70.2. The summed E-state index contributed by atoms with van der Waals surface area (Å²) < 4.78 is 16.8. The first-order valence-corrected chi connectivity index (χ1v) is 40.3. The molecule has 6 N–H and O–H groups in total. The van der Waals surface area contributed by atoms with Gasteiger partial charge in [-0.1, -0.05) is 352 Å². The summed E-state index contributed by atoms with van der Waals surface area (Å²) in [7, 11) is 0. The molecule has 11 heteroatoms. The predicted molar refractivity (Wildman–Crippen MR) is 389 cm³/mol. The van der Waals surface area contributed by atoms with Gasteiger partial charge in [-0.2, -0.15) is 0 Å². The summed E-state index contributed by atoms with van der Waals surface area (Å²) in [5.74, 6) is -0.168. The maximum Gasteiger partial charge on any atom is 0.305 e. The summed E-state index contributed by atoms with van der Waals surface area (Å²) >= 11 is 0. The summed E-state index contributed by atoms with van der Waals surface area (Å²) in [6.07, 6.45) is 81.8. The lowest BCUT2D eigenvalue weighted by atomic mass is 9.99. The van der Waals surface area contributed by atoms with Crippen molar-refractivity contribution in [3.63, 3.8) is 0 Å². The first kappa shape index (κ1) is 87.9. The van der Waals surface area contributed by atoms with Crippen LogP contribution in [-0.2, 0) is 23.8 Å². The smallest absolute Gasteiger partial charge is 0.305 e. The fourth-order valence-electron chi connectivity index (χ4n) is 12.9. The van der Waals surface area contributed by atoms with Gasteiger partial charge in [0.05, 0.1) is 32.0 Å². The number of aliphatic hydroxyl groups excluding tert-OH is 5. The molecule has 1 saturated heterocycles. The highest BCUT2D eigenvalue weighted by Gasteiger charge is 2.44. The van der Waals surface area contributed by atoms with E-state index in [9.17, 15) is 35.1 Å². The number of hydrogen-bond donors (Lipinski definition) is 6. The van der Waals surface area contributed by atoms with Gasteiger partial charge in [0.2, 0.25) is 5.91 Å².